The minimum absolute atomic E-state index is 0. The lowest BCUT2D eigenvalue weighted by Crippen LogP contribution is -2.34. The second-order valence-corrected chi connectivity index (χ2v) is 12.5. The second-order valence-electron chi connectivity index (χ2n) is 10.6. The molecule has 1 fully saturated rings. The number of hydrogen-bond acceptors (Lipinski definition) is 7. The van der Waals surface area contributed by atoms with Crippen LogP contribution in [0.5, 0.6) is 5.75 Å². The van der Waals surface area contributed by atoms with E-state index >= 15 is 0 Å². The van der Waals surface area contributed by atoms with Crippen molar-refractivity contribution in [3.8, 4) is 16.9 Å². The first-order chi connectivity index (χ1) is 20.2. The molecule has 0 aromatic heterocycles. The van der Waals surface area contributed by atoms with Crippen LogP contribution in [0.3, 0.4) is 0 Å². The van der Waals surface area contributed by atoms with Crippen LogP contribution in [-0.4, -0.2) is 50.3 Å². The van der Waals surface area contributed by atoms with Crippen molar-refractivity contribution >= 4 is 34.2 Å². The number of rotatable bonds is 14. The van der Waals surface area contributed by atoms with Crippen LogP contribution in [0.15, 0.2) is 72.8 Å². The molecule has 1 atom stereocenters. The zero-order chi connectivity index (χ0) is 30.0. The number of carbonyl (C=O) groups is 2. The molecular weight excluding hydrogens is 590 g/mol. The van der Waals surface area contributed by atoms with Gasteiger partial charge in [0, 0.05) is 13.0 Å². The molecule has 9 nitrogen and oxygen atoms in total. The van der Waals surface area contributed by atoms with Crippen LogP contribution in [-0.2, 0) is 21.2 Å². The topological polar surface area (TPSA) is 148 Å². The zero-order valence-corrected chi connectivity index (χ0v) is 25.7. The van der Waals surface area contributed by atoms with Gasteiger partial charge in [-0.1, -0.05) is 67.1 Å². The molecule has 1 aliphatic carbocycles. The molecule has 0 aliphatic heterocycles. The molecule has 3 aromatic carbocycles. The Morgan fingerprint density at radius 2 is 1.63 bits per heavy atom. The van der Waals surface area contributed by atoms with Crippen molar-refractivity contribution < 1.29 is 27.9 Å². The molecule has 0 unspecified atom stereocenters. The normalized spacial score (nSPS) is 14.3. The van der Waals surface area contributed by atoms with Crippen LogP contribution in [0.2, 0.25) is 0 Å². The smallest absolute Gasteiger partial charge is 0.268 e. The molecule has 0 bridgehead atoms. The number of nitrogens with two attached hydrogens (primary N) is 1. The van der Waals surface area contributed by atoms with E-state index < -0.39 is 33.7 Å². The number of primary amides is 1. The summed E-state index contributed by atoms with van der Waals surface area (Å²) in [5.41, 5.74) is 8.97. The number of sulfonamides is 1. The molecule has 2 amide bonds. The summed E-state index contributed by atoms with van der Waals surface area (Å²) in [6.07, 6.45) is 4.75. The summed E-state index contributed by atoms with van der Waals surface area (Å²) in [5, 5.41) is 13.6. The van der Waals surface area contributed by atoms with Gasteiger partial charge in [0.1, 0.15) is 5.75 Å². The number of hydrogen-bond donors (Lipinski definition) is 4. The summed E-state index contributed by atoms with van der Waals surface area (Å²) < 4.78 is 33.0. The molecule has 1 aliphatic rings. The number of aliphatic hydroxyl groups is 1. The number of nitrogens with one attached hydrogen (secondary N) is 2. The summed E-state index contributed by atoms with van der Waals surface area (Å²) in [6.45, 7) is 1.19. The van der Waals surface area contributed by atoms with E-state index in [2.05, 4.69) is 5.32 Å². The Balaban J connectivity index is 0.00000506. The van der Waals surface area contributed by atoms with Crippen LogP contribution in [0.1, 0.15) is 66.1 Å². The van der Waals surface area contributed by atoms with Gasteiger partial charge in [0.25, 0.3) is 5.91 Å². The lowest BCUT2D eigenvalue weighted by atomic mass is 9.97. The standard InChI is InChI=1S/C32H39N3O6S.ClH/c33-31(37)18-20-42(39,40)35-32(38)28-16-15-26(21-30(28)41-27-9-5-2-6-10-27)24-13-11-23(12-14-24)17-19-34-22-29(36)25-7-3-1-4-8-25;/h1,3-4,7-8,11-16,21,27,29,34,36H,2,5-6,9-10,17-20,22H2,(H2,33,37)(H,35,38);1H/t29-;/m1./s1. The second kappa shape index (κ2) is 16.4. The van der Waals surface area contributed by atoms with E-state index in [4.69, 9.17) is 10.5 Å². The zero-order valence-electron chi connectivity index (χ0n) is 24.0. The number of benzene rings is 3. The van der Waals surface area contributed by atoms with Crippen LogP contribution >= 0.6 is 12.4 Å². The summed E-state index contributed by atoms with van der Waals surface area (Å²) >= 11 is 0. The fraction of sp³-hybridized carbons (Fsp3) is 0.375. The van der Waals surface area contributed by atoms with Crippen molar-refractivity contribution in [3.05, 3.63) is 89.5 Å². The third kappa shape index (κ3) is 10.7. The average molecular weight is 630 g/mol. The Kier molecular flexibility index (Phi) is 13.0. The molecule has 0 radical (unpaired) electrons. The van der Waals surface area contributed by atoms with Gasteiger partial charge in [0.15, 0.2) is 0 Å². The van der Waals surface area contributed by atoms with Crippen molar-refractivity contribution in [2.24, 2.45) is 5.73 Å². The summed E-state index contributed by atoms with van der Waals surface area (Å²) in [7, 11) is -4.04. The molecule has 11 heteroatoms. The van der Waals surface area contributed by atoms with Crippen LogP contribution < -0.4 is 20.5 Å². The van der Waals surface area contributed by atoms with Gasteiger partial charge in [-0.15, -0.1) is 12.4 Å². The molecule has 0 heterocycles. The molecular formula is C32H40ClN3O6S. The van der Waals surface area contributed by atoms with E-state index in [9.17, 15) is 23.1 Å². The van der Waals surface area contributed by atoms with Gasteiger partial charge in [-0.2, -0.15) is 0 Å². The third-order valence-electron chi connectivity index (χ3n) is 7.34. The lowest BCUT2D eigenvalue weighted by Gasteiger charge is -2.24. The van der Waals surface area contributed by atoms with Gasteiger partial charge < -0.3 is 20.9 Å². The van der Waals surface area contributed by atoms with E-state index in [1.807, 2.05) is 59.3 Å². The van der Waals surface area contributed by atoms with Crippen molar-refractivity contribution in [2.45, 2.75) is 57.2 Å². The van der Waals surface area contributed by atoms with Crippen molar-refractivity contribution in [2.75, 3.05) is 18.8 Å². The number of amides is 2. The predicted molar refractivity (Wildman–Crippen MR) is 170 cm³/mol. The van der Waals surface area contributed by atoms with Gasteiger partial charge in [0.05, 0.1) is 23.5 Å². The molecule has 3 aromatic rings. The van der Waals surface area contributed by atoms with Gasteiger partial charge in [-0.05, 0) is 73.0 Å². The van der Waals surface area contributed by atoms with Gasteiger partial charge >= 0.3 is 0 Å². The van der Waals surface area contributed by atoms with E-state index in [0.29, 0.717) is 12.3 Å². The first-order valence-corrected chi connectivity index (χ1v) is 16.0. The van der Waals surface area contributed by atoms with Crippen molar-refractivity contribution in [3.63, 3.8) is 0 Å². The van der Waals surface area contributed by atoms with Crippen LogP contribution in [0.4, 0.5) is 0 Å². The molecule has 1 saturated carbocycles. The fourth-order valence-corrected chi connectivity index (χ4v) is 5.92. The van der Waals surface area contributed by atoms with E-state index in [0.717, 1.165) is 67.3 Å². The number of carbonyl (C=O) groups excluding carboxylic acids is 2. The first-order valence-electron chi connectivity index (χ1n) is 14.4. The molecule has 0 spiro atoms. The predicted octanol–water partition coefficient (Wildman–Crippen LogP) is 4.29. The summed E-state index contributed by atoms with van der Waals surface area (Å²) in [5.74, 6) is -1.81. The maximum absolute atomic E-state index is 13.0. The molecule has 43 heavy (non-hydrogen) atoms. The van der Waals surface area contributed by atoms with Gasteiger partial charge in [0.2, 0.25) is 15.9 Å². The summed E-state index contributed by atoms with van der Waals surface area (Å²) in [4.78, 5) is 24.0. The molecule has 4 rings (SSSR count). The average Bonchev–Trinajstić information content (AvgIpc) is 2.99. The Labute approximate surface area is 259 Å². The van der Waals surface area contributed by atoms with Crippen LogP contribution in [0, 0.1) is 0 Å². The minimum Gasteiger partial charge on any atom is -0.490 e. The van der Waals surface area contributed by atoms with E-state index in [1.165, 1.54) is 0 Å². The molecule has 0 saturated heterocycles. The summed E-state index contributed by atoms with van der Waals surface area (Å²) in [6, 6.07) is 22.8. The Morgan fingerprint density at radius 3 is 2.30 bits per heavy atom. The highest BCUT2D eigenvalue weighted by atomic mass is 35.5. The van der Waals surface area contributed by atoms with E-state index in [-0.39, 0.29) is 30.5 Å². The number of halogens is 1. The number of ether oxygens (including phenoxy) is 1. The lowest BCUT2D eigenvalue weighted by molar-refractivity contribution is -0.117. The SMILES string of the molecule is Cl.NC(=O)CCS(=O)(=O)NC(=O)c1ccc(-c2ccc(CCNC[C@@H](O)c3ccccc3)cc2)cc1OC1CCCCC1. The molecule has 5 N–H and O–H groups in total. The Bertz CT molecular complexity index is 1450. The highest BCUT2D eigenvalue weighted by Gasteiger charge is 2.23. The Morgan fingerprint density at radius 1 is 0.953 bits per heavy atom. The first kappa shape index (κ1) is 34.1. The van der Waals surface area contributed by atoms with Crippen molar-refractivity contribution in [1.29, 1.82) is 0 Å². The fourth-order valence-electron chi connectivity index (χ4n) is 4.96. The van der Waals surface area contributed by atoms with E-state index in [1.54, 1.807) is 18.2 Å². The number of aliphatic hydroxyl groups excluding tert-OH is 1. The minimum atomic E-state index is -4.04. The largest absolute Gasteiger partial charge is 0.490 e. The third-order valence-corrected chi connectivity index (χ3v) is 8.58. The monoisotopic (exact) mass is 629 g/mol. The van der Waals surface area contributed by atoms with Gasteiger partial charge in [-0.25, -0.2) is 13.1 Å². The van der Waals surface area contributed by atoms with Crippen LogP contribution in [0.25, 0.3) is 11.1 Å². The maximum Gasteiger partial charge on any atom is 0.268 e. The van der Waals surface area contributed by atoms with Crippen molar-refractivity contribution in [1.82, 2.24) is 10.0 Å². The highest BCUT2D eigenvalue weighted by molar-refractivity contribution is 7.90. The maximum atomic E-state index is 13.0. The Hall–Kier alpha value is -3.44. The molecule has 232 valence electrons. The highest BCUT2D eigenvalue weighted by Crippen LogP contribution is 2.31. The van der Waals surface area contributed by atoms with Gasteiger partial charge in [-0.3, -0.25) is 9.59 Å². The quantitative estimate of drug-likeness (QED) is 0.195.